The second kappa shape index (κ2) is 6.40. The minimum absolute atomic E-state index is 0.193. The van der Waals surface area contributed by atoms with Crippen LogP contribution in [0.1, 0.15) is 26.3 Å². The molecule has 1 aromatic rings. The maximum absolute atomic E-state index is 3.61. The minimum atomic E-state index is 0.193. The fraction of sp³-hybridized carbons (Fsp3) is 0.625. The summed E-state index contributed by atoms with van der Waals surface area (Å²) in [6.07, 6.45) is 0. The number of para-hydroxylation sites is 1. The summed E-state index contributed by atoms with van der Waals surface area (Å²) in [7, 11) is 0. The molecule has 1 heterocycles. The van der Waals surface area contributed by atoms with Gasteiger partial charge in [-0.2, -0.15) is 0 Å². The fourth-order valence-electron chi connectivity index (χ4n) is 2.57. The number of benzene rings is 1. The molecule has 2 rings (SSSR count). The fourth-order valence-corrected chi connectivity index (χ4v) is 2.57. The summed E-state index contributed by atoms with van der Waals surface area (Å²) in [5, 5.41) is 6.99. The zero-order valence-electron chi connectivity index (χ0n) is 12.5. The Morgan fingerprint density at radius 1 is 1.16 bits per heavy atom. The normalized spacial score (nSPS) is 17.4. The first-order valence-corrected chi connectivity index (χ1v) is 7.34. The molecule has 2 N–H and O–H groups in total. The highest BCUT2D eigenvalue weighted by atomic mass is 15.2. The lowest BCUT2D eigenvalue weighted by molar-refractivity contribution is 0.249. The third kappa shape index (κ3) is 4.22. The molecule has 1 aliphatic rings. The van der Waals surface area contributed by atoms with Crippen molar-refractivity contribution < 1.29 is 0 Å². The van der Waals surface area contributed by atoms with Crippen molar-refractivity contribution in [2.75, 3.05) is 44.6 Å². The lowest BCUT2D eigenvalue weighted by atomic mass is 9.86. The third-order valence-electron chi connectivity index (χ3n) is 3.69. The van der Waals surface area contributed by atoms with Gasteiger partial charge in [0.1, 0.15) is 0 Å². The van der Waals surface area contributed by atoms with E-state index in [2.05, 4.69) is 60.6 Å². The van der Waals surface area contributed by atoms with Crippen LogP contribution in [-0.2, 0) is 5.41 Å². The monoisotopic (exact) mass is 261 g/mol. The Bertz CT molecular complexity index is 389. The summed E-state index contributed by atoms with van der Waals surface area (Å²) in [4.78, 5) is 2.52. The van der Waals surface area contributed by atoms with Crippen molar-refractivity contribution in [2.24, 2.45) is 0 Å². The molecule has 106 valence electrons. The first-order chi connectivity index (χ1) is 9.07. The van der Waals surface area contributed by atoms with Crippen LogP contribution < -0.4 is 10.6 Å². The number of hydrogen-bond donors (Lipinski definition) is 2. The first kappa shape index (κ1) is 14.4. The Balaban J connectivity index is 1.88. The van der Waals surface area contributed by atoms with Gasteiger partial charge in [-0.25, -0.2) is 0 Å². The van der Waals surface area contributed by atoms with Gasteiger partial charge in [-0.15, -0.1) is 0 Å². The van der Waals surface area contributed by atoms with Crippen LogP contribution in [0.2, 0.25) is 0 Å². The summed E-state index contributed by atoms with van der Waals surface area (Å²) in [6, 6.07) is 8.66. The summed E-state index contributed by atoms with van der Waals surface area (Å²) in [5.74, 6) is 0. The predicted molar refractivity (Wildman–Crippen MR) is 82.9 cm³/mol. The van der Waals surface area contributed by atoms with Gasteiger partial charge in [0.05, 0.1) is 0 Å². The molecular formula is C16H27N3. The van der Waals surface area contributed by atoms with Crippen LogP contribution in [0.4, 0.5) is 5.69 Å². The molecule has 0 aliphatic carbocycles. The molecule has 3 nitrogen and oxygen atoms in total. The van der Waals surface area contributed by atoms with Crippen LogP contribution in [0.5, 0.6) is 0 Å². The van der Waals surface area contributed by atoms with Gasteiger partial charge in [0.2, 0.25) is 0 Å². The lowest BCUT2D eigenvalue weighted by Crippen LogP contribution is -2.45. The Labute approximate surface area is 117 Å². The Kier molecular flexibility index (Phi) is 4.83. The zero-order chi connectivity index (χ0) is 13.7. The van der Waals surface area contributed by atoms with Gasteiger partial charge in [0, 0.05) is 45.0 Å². The molecule has 0 aromatic heterocycles. The topological polar surface area (TPSA) is 27.3 Å². The van der Waals surface area contributed by atoms with E-state index in [4.69, 9.17) is 0 Å². The van der Waals surface area contributed by atoms with Crippen molar-refractivity contribution in [1.82, 2.24) is 10.2 Å². The minimum Gasteiger partial charge on any atom is -0.384 e. The van der Waals surface area contributed by atoms with Crippen LogP contribution >= 0.6 is 0 Å². The second-order valence-corrected chi connectivity index (χ2v) is 6.31. The van der Waals surface area contributed by atoms with Crippen molar-refractivity contribution in [3.8, 4) is 0 Å². The van der Waals surface area contributed by atoms with Gasteiger partial charge in [-0.05, 0) is 17.0 Å². The molecule has 0 spiro atoms. The quantitative estimate of drug-likeness (QED) is 0.871. The average molecular weight is 261 g/mol. The molecule has 0 amide bonds. The highest BCUT2D eigenvalue weighted by Gasteiger charge is 2.17. The molecule has 0 unspecified atom stereocenters. The van der Waals surface area contributed by atoms with Gasteiger partial charge in [-0.1, -0.05) is 39.0 Å². The Hall–Kier alpha value is -1.06. The second-order valence-electron chi connectivity index (χ2n) is 6.31. The molecule has 19 heavy (non-hydrogen) atoms. The average Bonchev–Trinajstić information content (AvgIpc) is 2.39. The predicted octanol–water partition coefficient (Wildman–Crippen LogP) is 2.30. The highest BCUT2D eigenvalue weighted by Crippen LogP contribution is 2.28. The van der Waals surface area contributed by atoms with Crippen molar-refractivity contribution in [2.45, 2.75) is 26.2 Å². The highest BCUT2D eigenvalue weighted by molar-refractivity contribution is 5.54. The van der Waals surface area contributed by atoms with Gasteiger partial charge >= 0.3 is 0 Å². The molecule has 1 fully saturated rings. The van der Waals surface area contributed by atoms with Crippen molar-refractivity contribution in [3.05, 3.63) is 29.8 Å². The summed E-state index contributed by atoms with van der Waals surface area (Å²) >= 11 is 0. The third-order valence-corrected chi connectivity index (χ3v) is 3.69. The summed E-state index contributed by atoms with van der Waals surface area (Å²) < 4.78 is 0. The molecule has 0 radical (unpaired) electrons. The van der Waals surface area contributed by atoms with Crippen molar-refractivity contribution in [1.29, 1.82) is 0 Å². The van der Waals surface area contributed by atoms with E-state index in [0.29, 0.717) is 0 Å². The molecule has 0 bridgehead atoms. The van der Waals surface area contributed by atoms with E-state index in [-0.39, 0.29) is 5.41 Å². The number of rotatable bonds is 4. The SMILES string of the molecule is CC(C)(C)c1ccccc1NCCN1CCNCC1. The van der Waals surface area contributed by atoms with Crippen LogP contribution in [0, 0.1) is 0 Å². The maximum Gasteiger partial charge on any atom is 0.0378 e. The molecule has 1 aromatic carbocycles. The van der Waals surface area contributed by atoms with E-state index >= 15 is 0 Å². The first-order valence-electron chi connectivity index (χ1n) is 7.34. The van der Waals surface area contributed by atoms with Crippen molar-refractivity contribution >= 4 is 5.69 Å². The molecule has 0 atom stereocenters. The Morgan fingerprint density at radius 3 is 2.53 bits per heavy atom. The molecule has 1 saturated heterocycles. The van der Waals surface area contributed by atoms with E-state index in [1.165, 1.54) is 24.3 Å². The van der Waals surface area contributed by atoms with E-state index in [0.717, 1.165) is 26.2 Å². The zero-order valence-corrected chi connectivity index (χ0v) is 12.5. The lowest BCUT2D eigenvalue weighted by Gasteiger charge is -2.28. The van der Waals surface area contributed by atoms with Gasteiger partial charge in [-0.3, -0.25) is 4.90 Å². The number of nitrogens with zero attached hydrogens (tertiary/aromatic N) is 1. The van der Waals surface area contributed by atoms with E-state index in [1.807, 2.05) is 0 Å². The number of piperazine rings is 1. The molecule has 1 aliphatic heterocycles. The molecule has 3 heteroatoms. The van der Waals surface area contributed by atoms with Gasteiger partial charge < -0.3 is 10.6 Å². The largest absolute Gasteiger partial charge is 0.384 e. The van der Waals surface area contributed by atoms with E-state index in [9.17, 15) is 0 Å². The van der Waals surface area contributed by atoms with Crippen LogP contribution in [0.3, 0.4) is 0 Å². The number of nitrogens with one attached hydrogen (secondary N) is 2. The number of anilines is 1. The Morgan fingerprint density at radius 2 is 1.84 bits per heavy atom. The molecule has 0 saturated carbocycles. The summed E-state index contributed by atoms with van der Waals surface area (Å²) in [6.45, 7) is 13.5. The molecular weight excluding hydrogens is 234 g/mol. The van der Waals surface area contributed by atoms with Crippen LogP contribution in [-0.4, -0.2) is 44.2 Å². The van der Waals surface area contributed by atoms with Gasteiger partial charge in [0.15, 0.2) is 0 Å². The van der Waals surface area contributed by atoms with Crippen LogP contribution in [0.15, 0.2) is 24.3 Å². The van der Waals surface area contributed by atoms with Gasteiger partial charge in [0.25, 0.3) is 0 Å². The summed E-state index contributed by atoms with van der Waals surface area (Å²) in [5.41, 5.74) is 2.87. The van der Waals surface area contributed by atoms with Crippen molar-refractivity contribution in [3.63, 3.8) is 0 Å². The van der Waals surface area contributed by atoms with E-state index < -0.39 is 0 Å². The van der Waals surface area contributed by atoms with E-state index in [1.54, 1.807) is 0 Å². The smallest absolute Gasteiger partial charge is 0.0378 e. The standard InChI is InChI=1S/C16H27N3/c1-16(2,3)14-6-4-5-7-15(14)18-10-13-19-11-8-17-9-12-19/h4-7,17-18H,8-13H2,1-3H3. The maximum atomic E-state index is 3.61. The number of hydrogen-bond acceptors (Lipinski definition) is 3. The van der Waals surface area contributed by atoms with Crippen LogP contribution in [0.25, 0.3) is 0 Å².